The van der Waals surface area contributed by atoms with Crippen molar-refractivity contribution in [3.63, 3.8) is 0 Å². The highest BCUT2D eigenvalue weighted by molar-refractivity contribution is 9.10. The van der Waals surface area contributed by atoms with E-state index in [4.69, 9.17) is 0 Å². The number of rotatable bonds is 3. The molecule has 0 bridgehead atoms. The van der Waals surface area contributed by atoms with Crippen LogP contribution in [0.4, 0.5) is 0 Å². The van der Waals surface area contributed by atoms with Crippen LogP contribution in [0.5, 0.6) is 0 Å². The lowest BCUT2D eigenvalue weighted by molar-refractivity contribution is 0.595. The molecule has 0 atom stereocenters. The molecule has 3 rings (SSSR count). The fraction of sp³-hybridized carbons (Fsp3) is 0.118. The van der Waals surface area contributed by atoms with E-state index in [1.807, 2.05) is 24.3 Å². The van der Waals surface area contributed by atoms with Gasteiger partial charge in [0, 0.05) is 23.0 Å². The monoisotopic (exact) mass is 391 g/mol. The molecule has 6 heteroatoms. The summed E-state index contributed by atoms with van der Waals surface area (Å²) in [6.45, 7) is 0. The smallest absolute Gasteiger partial charge is 0.251 e. The summed E-state index contributed by atoms with van der Waals surface area (Å²) < 4.78 is 27.5. The van der Waals surface area contributed by atoms with Crippen molar-refractivity contribution in [1.29, 1.82) is 0 Å². The average molecular weight is 392 g/mol. The minimum Gasteiger partial charge on any atom is -0.311 e. The number of nitrogens with zero attached hydrogens (tertiary/aromatic N) is 1. The van der Waals surface area contributed by atoms with Crippen LogP contribution in [-0.2, 0) is 22.6 Å². The maximum absolute atomic E-state index is 12.7. The van der Waals surface area contributed by atoms with Crippen LogP contribution in [0.15, 0.2) is 68.8 Å². The number of halogens is 1. The highest BCUT2D eigenvalue weighted by atomic mass is 79.9. The molecule has 4 nitrogen and oxygen atoms in total. The van der Waals surface area contributed by atoms with Gasteiger partial charge >= 0.3 is 0 Å². The lowest BCUT2D eigenvalue weighted by atomic mass is 10.1. The Morgan fingerprint density at radius 2 is 1.70 bits per heavy atom. The van der Waals surface area contributed by atoms with Crippen molar-refractivity contribution in [2.24, 2.45) is 7.05 Å². The molecule has 2 aromatic carbocycles. The predicted molar refractivity (Wildman–Crippen MR) is 94.2 cm³/mol. The third-order valence-electron chi connectivity index (χ3n) is 3.76. The number of aromatic nitrogens is 1. The molecular weight excluding hydrogens is 378 g/mol. The number of para-hydroxylation sites is 1. The maximum atomic E-state index is 12.7. The largest absolute Gasteiger partial charge is 0.311 e. The molecule has 0 saturated heterocycles. The van der Waals surface area contributed by atoms with Crippen LogP contribution in [0.2, 0.25) is 0 Å². The van der Waals surface area contributed by atoms with Gasteiger partial charge in [0.05, 0.1) is 16.2 Å². The number of sulfone groups is 1. The number of hydrogen-bond acceptors (Lipinski definition) is 3. The van der Waals surface area contributed by atoms with Gasteiger partial charge in [-0.15, -0.1) is 0 Å². The average Bonchev–Trinajstić information content (AvgIpc) is 2.52. The molecule has 118 valence electrons. The van der Waals surface area contributed by atoms with E-state index in [0.29, 0.717) is 10.0 Å². The summed E-state index contributed by atoms with van der Waals surface area (Å²) >= 11 is 3.28. The first-order valence-corrected chi connectivity index (χ1v) is 9.39. The molecule has 0 aliphatic rings. The topological polar surface area (TPSA) is 56.1 Å². The molecule has 0 aliphatic carbocycles. The summed E-state index contributed by atoms with van der Waals surface area (Å²) in [6, 6.07) is 15.4. The van der Waals surface area contributed by atoms with Crippen molar-refractivity contribution in [2.75, 3.05) is 0 Å². The van der Waals surface area contributed by atoms with Gasteiger partial charge in [-0.25, -0.2) is 8.42 Å². The predicted octanol–water partition coefficient (Wildman–Crippen LogP) is 3.27. The zero-order valence-electron chi connectivity index (χ0n) is 12.4. The Morgan fingerprint density at radius 1 is 1.04 bits per heavy atom. The number of benzene rings is 2. The van der Waals surface area contributed by atoms with E-state index < -0.39 is 9.84 Å². The molecule has 1 heterocycles. The van der Waals surface area contributed by atoms with Crippen molar-refractivity contribution in [3.05, 3.63) is 75.0 Å². The fourth-order valence-electron chi connectivity index (χ4n) is 2.58. The Bertz CT molecular complexity index is 1050. The lowest BCUT2D eigenvalue weighted by Gasteiger charge is -2.11. The summed E-state index contributed by atoms with van der Waals surface area (Å²) in [5, 5.41) is 0.769. The first-order chi connectivity index (χ1) is 10.9. The molecular formula is C17H14BrNO3S. The van der Waals surface area contributed by atoms with Crippen LogP contribution in [0.25, 0.3) is 10.9 Å². The zero-order valence-corrected chi connectivity index (χ0v) is 14.8. The van der Waals surface area contributed by atoms with Crippen molar-refractivity contribution in [2.45, 2.75) is 10.6 Å². The SMILES string of the molecule is Cn1c(=O)cc(CS(=O)(=O)c2ccccc2Br)c2ccccc21. The summed E-state index contributed by atoms with van der Waals surface area (Å²) in [5.41, 5.74) is 1.01. The second kappa shape index (κ2) is 5.94. The molecule has 0 amide bonds. The van der Waals surface area contributed by atoms with E-state index in [9.17, 15) is 13.2 Å². The van der Waals surface area contributed by atoms with Crippen LogP contribution < -0.4 is 5.56 Å². The zero-order chi connectivity index (χ0) is 16.6. The normalized spacial score (nSPS) is 11.7. The molecule has 0 spiro atoms. The minimum atomic E-state index is -3.56. The third kappa shape index (κ3) is 2.96. The van der Waals surface area contributed by atoms with Gasteiger partial charge in [-0.1, -0.05) is 30.3 Å². The van der Waals surface area contributed by atoms with E-state index >= 15 is 0 Å². The highest BCUT2D eigenvalue weighted by Gasteiger charge is 2.20. The fourth-order valence-corrected chi connectivity index (χ4v) is 5.06. The molecule has 0 unspecified atom stereocenters. The highest BCUT2D eigenvalue weighted by Crippen LogP contribution is 2.26. The number of pyridine rings is 1. The van der Waals surface area contributed by atoms with Crippen molar-refractivity contribution in [3.8, 4) is 0 Å². The first kappa shape index (κ1) is 16.0. The quantitative estimate of drug-likeness (QED) is 0.688. The second-order valence-corrected chi connectivity index (χ2v) is 8.09. The molecule has 0 saturated carbocycles. The standard InChI is InChI=1S/C17H14BrNO3S/c1-19-15-8-4-2-6-13(15)12(10-17(19)20)11-23(21,22)16-9-5-3-7-14(16)18/h2-10H,11H2,1H3. The van der Waals surface area contributed by atoms with E-state index in [-0.39, 0.29) is 16.2 Å². The summed E-state index contributed by atoms with van der Waals surface area (Å²) in [7, 11) is -1.88. The molecule has 0 fully saturated rings. The van der Waals surface area contributed by atoms with Crippen molar-refractivity contribution in [1.82, 2.24) is 4.57 Å². The maximum Gasteiger partial charge on any atom is 0.251 e. The number of fused-ring (bicyclic) bond motifs is 1. The molecule has 0 aliphatic heterocycles. The van der Waals surface area contributed by atoms with Gasteiger partial charge in [-0.3, -0.25) is 4.79 Å². The van der Waals surface area contributed by atoms with Crippen LogP contribution in [0.3, 0.4) is 0 Å². The Kier molecular flexibility index (Phi) is 4.12. The number of hydrogen-bond donors (Lipinski definition) is 0. The first-order valence-electron chi connectivity index (χ1n) is 6.95. The van der Waals surface area contributed by atoms with E-state index in [1.54, 1.807) is 31.3 Å². The van der Waals surface area contributed by atoms with Gasteiger partial charge in [0.15, 0.2) is 9.84 Å². The molecule has 1 aromatic heterocycles. The van der Waals surface area contributed by atoms with Crippen molar-refractivity contribution >= 4 is 36.7 Å². The lowest BCUT2D eigenvalue weighted by Crippen LogP contribution is -2.18. The summed E-state index contributed by atoms with van der Waals surface area (Å²) in [5.74, 6) is -0.216. The van der Waals surface area contributed by atoms with Gasteiger partial charge in [-0.2, -0.15) is 0 Å². The Balaban J connectivity index is 2.18. The Labute approximate surface area is 142 Å². The molecule has 23 heavy (non-hydrogen) atoms. The Morgan fingerprint density at radius 3 is 2.43 bits per heavy atom. The third-order valence-corrected chi connectivity index (χ3v) is 6.43. The molecule has 0 N–H and O–H groups in total. The van der Waals surface area contributed by atoms with Gasteiger partial charge in [0.25, 0.3) is 5.56 Å². The number of aryl methyl sites for hydroxylation is 1. The van der Waals surface area contributed by atoms with Crippen LogP contribution >= 0.6 is 15.9 Å². The van der Waals surface area contributed by atoms with Gasteiger partial charge in [0.2, 0.25) is 0 Å². The minimum absolute atomic E-state index is 0.216. The van der Waals surface area contributed by atoms with Crippen LogP contribution in [0, 0.1) is 0 Å². The van der Waals surface area contributed by atoms with Gasteiger partial charge in [-0.05, 0) is 39.7 Å². The Hall–Kier alpha value is -1.92. The van der Waals surface area contributed by atoms with Crippen LogP contribution in [0.1, 0.15) is 5.56 Å². The van der Waals surface area contributed by atoms with E-state index in [1.165, 1.54) is 10.6 Å². The van der Waals surface area contributed by atoms with Crippen LogP contribution in [-0.4, -0.2) is 13.0 Å². The van der Waals surface area contributed by atoms with Gasteiger partial charge < -0.3 is 4.57 Å². The van der Waals surface area contributed by atoms with E-state index in [2.05, 4.69) is 15.9 Å². The summed E-state index contributed by atoms with van der Waals surface area (Å²) in [4.78, 5) is 12.3. The second-order valence-electron chi connectivity index (χ2n) is 5.27. The molecule has 3 aromatic rings. The molecule has 0 radical (unpaired) electrons. The summed E-state index contributed by atoms with van der Waals surface area (Å²) in [6.07, 6.45) is 0. The van der Waals surface area contributed by atoms with E-state index in [0.717, 1.165) is 10.9 Å². The van der Waals surface area contributed by atoms with Crippen molar-refractivity contribution < 1.29 is 8.42 Å². The van der Waals surface area contributed by atoms with Gasteiger partial charge in [0.1, 0.15) is 0 Å².